The highest BCUT2D eigenvalue weighted by molar-refractivity contribution is 5.70. The van der Waals surface area contributed by atoms with Crippen LogP contribution in [-0.4, -0.2) is 6.09 Å². The monoisotopic (exact) mass is 283 g/mol. The third kappa shape index (κ3) is 5.30. The standard InChI is InChI=1S/C18H21NO2/c1-14(2)12-15-8-10-16(11-9-15)13-19-18(20)21-17-6-4-3-5-7-17/h3-11,14H,12-13H2,1-2H3,(H,19,20). The maximum absolute atomic E-state index is 11.7. The quantitative estimate of drug-likeness (QED) is 0.894. The van der Waals surface area contributed by atoms with Crippen LogP contribution in [0.5, 0.6) is 5.75 Å². The number of carbonyl (C=O) groups is 1. The van der Waals surface area contributed by atoms with E-state index in [1.807, 2.05) is 30.3 Å². The van der Waals surface area contributed by atoms with E-state index in [1.165, 1.54) is 5.56 Å². The second-order valence-corrected chi connectivity index (χ2v) is 5.47. The fourth-order valence-electron chi connectivity index (χ4n) is 2.07. The topological polar surface area (TPSA) is 38.3 Å². The lowest BCUT2D eigenvalue weighted by Gasteiger charge is -2.08. The molecule has 0 bridgehead atoms. The zero-order chi connectivity index (χ0) is 15.1. The molecule has 3 nitrogen and oxygen atoms in total. The molecule has 0 saturated heterocycles. The molecular weight excluding hydrogens is 262 g/mol. The third-order valence-corrected chi connectivity index (χ3v) is 3.06. The van der Waals surface area contributed by atoms with E-state index in [1.54, 1.807) is 12.1 Å². The van der Waals surface area contributed by atoms with Crippen molar-refractivity contribution in [3.63, 3.8) is 0 Å². The van der Waals surface area contributed by atoms with Gasteiger partial charge in [-0.25, -0.2) is 4.79 Å². The van der Waals surface area contributed by atoms with Crippen molar-refractivity contribution in [3.8, 4) is 5.75 Å². The first kappa shape index (κ1) is 15.1. The second kappa shape index (κ2) is 7.48. The van der Waals surface area contributed by atoms with Crippen molar-refractivity contribution in [2.75, 3.05) is 0 Å². The first-order valence-corrected chi connectivity index (χ1v) is 7.22. The molecule has 0 radical (unpaired) electrons. The van der Waals surface area contributed by atoms with E-state index in [2.05, 4.69) is 31.3 Å². The Morgan fingerprint density at radius 2 is 1.62 bits per heavy atom. The van der Waals surface area contributed by atoms with Crippen LogP contribution in [0.15, 0.2) is 54.6 Å². The van der Waals surface area contributed by atoms with E-state index in [0.717, 1.165) is 12.0 Å². The summed E-state index contributed by atoms with van der Waals surface area (Å²) in [5, 5.41) is 2.75. The van der Waals surface area contributed by atoms with Gasteiger partial charge in [-0.2, -0.15) is 0 Å². The summed E-state index contributed by atoms with van der Waals surface area (Å²) in [6.45, 7) is 4.87. The fraction of sp³-hybridized carbons (Fsp3) is 0.278. The molecule has 110 valence electrons. The van der Waals surface area contributed by atoms with E-state index in [-0.39, 0.29) is 0 Å². The summed E-state index contributed by atoms with van der Waals surface area (Å²) >= 11 is 0. The largest absolute Gasteiger partial charge is 0.412 e. The molecule has 0 atom stereocenters. The van der Waals surface area contributed by atoms with Gasteiger partial charge in [0.15, 0.2) is 0 Å². The van der Waals surface area contributed by atoms with Crippen molar-refractivity contribution in [2.24, 2.45) is 5.92 Å². The zero-order valence-electron chi connectivity index (χ0n) is 12.5. The second-order valence-electron chi connectivity index (χ2n) is 5.47. The number of nitrogens with one attached hydrogen (secondary N) is 1. The van der Waals surface area contributed by atoms with Crippen LogP contribution >= 0.6 is 0 Å². The molecule has 3 heteroatoms. The van der Waals surface area contributed by atoms with Crippen molar-refractivity contribution < 1.29 is 9.53 Å². The van der Waals surface area contributed by atoms with Gasteiger partial charge in [0.2, 0.25) is 0 Å². The predicted molar refractivity (Wildman–Crippen MR) is 84.3 cm³/mol. The molecule has 2 aromatic carbocycles. The Morgan fingerprint density at radius 1 is 1.00 bits per heavy atom. The fourth-order valence-corrected chi connectivity index (χ4v) is 2.07. The Morgan fingerprint density at radius 3 is 2.24 bits per heavy atom. The highest BCUT2D eigenvalue weighted by atomic mass is 16.5. The van der Waals surface area contributed by atoms with E-state index in [0.29, 0.717) is 18.2 Å². The van der Waals surface area contributed by atoms with Crippen LogP contribution in [0.2, 0.25) is 0 Å². The first-order valence-electron chi connectivity index (χ1n) is 7.22. The van der Waals surface area contributed by atoms with Crippen LogP contribution in [0.3, 0.4) is 0 Å². The van der Waals surface area contributed by atoms with E-state index in [9.17, 15) is 4.79 Å². The molecule has 2 aromatic rings. The van der Waals surface area contributed by atoms with Gasteiger partial charge in [-0.3, -0.25) is 0 Å². The summed E-state index contributed by atoms with van der Waals surface area (Å²) in [7, 11) is 0. The minimum atomic E-state index is -0.438. The maximum Gasteiger partial charge on any atom is 0.412 e. The number of hydrogen-bond donors (Lipinski definition) is 1. The van der Waals surface area contributed by atoms with Crippen LogP contribution in [0, 0.1) is 5.92 Å². The van der Waals surface area contributed by atoms with Gasteiger partial charge in [-0.15, -0.1) is 0 Å². The van der Waals surface area contributed by atoms with Crippen molar-refractivity contribution >= 4 is 6.09 Å². The number of amides is 1. The summed E-state index contributed by atoms with van der Waals surface area (Å²) in [4.78, 5) is 11.7. The molecule has 0 aromatic heterocycles. The van der Waals surface area contributed by atoms with Gasteiger partial charge in [0.1, 0.15) is 5.75 Å². The molecule has 21 heavy (non-hydrogen) atoms. The van der Waals surface area contributed by atoms with Crippen LogP contribution in [-0.2, 0) is 13.0 Å². The molecule has 0 aliphatic rings. The molecule has 0 heterocycles. The molecule has 0 aliphatic carbocycles. The Labute approximate surface area is 126 Å². The lowest BCUT2D eigenvalue weighted by molar-refractivity contribution is 0.200. The number of para-hydroxylation sites is 1. The minimum Gasteiger partial charge on any atom is -0.410 e. The Hall–Kier alpha value is -2.29. The van der Waals surface area contributed by atoms with Gasteiger partial charge in [0, 0.05) is 6.54 Å². The lowest BCUT2D eigenvalue weighted by Crippen LogP contribution is -2.26. The van der Waals surface area contributed by atoms with Crippen LogP contribution < -0.4 is 10.1 Å². The van der Waals surface area contributed by atoms with Crippen LogP contribution in [0.4, 0.5) is 4.79 Å². The van der Waals surface area contributed by atoms with Crippen LogP contribution in [0.1, 0.15) is 25.0 Å². The SMILES string of the molecule is CC(C)Cc1ccc(CNC(=O)Oc2ccccc2)cc1. The summed E-state index contributed by atoms with van der Waals surface area (Å²) in [5.74, 6) is 1.19. The molecule has 0 fully saturated rings. The molecular formula is C18H21NO2. The van der Waals surface area contributed by atoms with E-state index in [4.69, 9.17) is 4.74 Å². The summed E-state index contributed by atoms with van der Waals surface area (Å²) < 4.78 is 5.16. The van der Waals surface area contributed by atoms with Crippen molar-refractivity contribution in [2.45, 2.75) is 26.8 Å². The predicted octanol–water partition coefficient (Wildman–Crippen LogP) is 4.17. The molecule has 2 rings (SSSR count). The summed E-state index contributed by atoms with van der Waals surface area (Å²) in [6.07, 6.45) is 0.636. The van der Waals surface area contributed by atoms with E-state index < -0.39 is 6.09 Å². The Balaban J connectivity index is 1.81. The average molecular weight is 283 g/mol. The van der Waals surface area contributed by atoms with Gasteiger partial charge >= 0.3 is 6.09 Å². The molecule has 0 spiro atoms. The number of rotatable bonds is 5. The number of carbonyl (C=O) groups excluding carboxylic acids is 1. The Kier molecular flexibility index (Phi) is 5.38. The van der Waals surface area contributed by atoms with Crippen LogP contribution in [0.25, 0.3) is 0 Å². The van der Waals surface area contributed by atoms with Crippen molar-refractivity contribution in [1.29, 1.82) is 0 Å². The molecule has 1 amide bonds. The summed E-state index contributed by atoms with van der Waals surface area (Å²) in [5.41, 5.74) is 2.38. The molecule has 0 unspecified atom stereocenters. The molecule has 1 N–H and O–H groups in total. The lowest BCUT2D eigenvalue weighted by atomic mass is 10.0. The summed E-state index contributed by atoms with van der Waals surface area (Å²) in [6, 6.07) is 17.3. The van der Waals surface area contributed by atoms with Crippen molar-refractivity contribution in [1.82, 2.24) is 5.32 Å². The molecule has 0 aliphatic heterocycles. The third-order valence-electron chi connectivity index (χ3n) is 3.06. The maximum atomic E-state index is 11.7. The van der Waals surface area contributed by atoms with Gasteiger partial charge in [-0.05, 0) is 35.6 Å². The number of benzene rings is 2. The van der Waals surface area contributed by atoms with Gasteiger partial charge in [0.25, 0.3) is 0 Å². The van der Waals surface area contributed by atoms with Gasteiger partial charge in [0.05, 0.1) is 0 Å². The first-order chi connectivity index (χ1) is 10.1. The Bertz CT molecular complexity index is 562. The highest BCUT2D eigenvalue weighted by Gasteiger charge is 2.04. The highest BCUT2D eigenvalue weighted by Crippen LogP contribution is 2.10. The smallest absolute Gasteiger partial charge is 0.410 e. The zero-order valence-corrected chi connectivity index (χ0v) is 12.5. The number of ether oxygens (including phenoxy) is 1. The normalized spacial score (nSPS) is 10.4. The molecule has 0 saturated carbocycles. The van der Waals surface area contributed by atoms with Crippen molar-refractivity contribution in [3.05, 3.63) is 65.7 Å². The van der Waals surface area contributed by atoms with Gasteiger partial charge < -0.3 is 10.1 Å². The van der Waals surface area contributed by atoms with Gasteiger partial charge in [-0.1, -0.05) is 56.3 Å². The van der Waals surface area contributed by atoms with E-state index >= 15 is 0 Å². The number of hydrogen-bond acceptors (Lipinski definition) is 2. The average Bonchev–Trinajstić information content (AvgIpc) is 2.47. The minimum absolute atomic E-state index is 0.438.